The number of methoxy groups -OCH3 is 7. The molecule has 42 heteroatoms. The van der Waals surface area contributed by atoms with Crippen LogP contribution in [0.5, 0.6) is 0 Å². The van der Waals surface area contributed by atoms with E-state index in [1.807, 2.05) is 88.2 Å². The standard InChI is InChI=1S/C78H116N8O25.C13H20N2O.C9H13O4.C4H11N.C2H6O/c1-18-53(104-12)60(67(89)81-31-20-30-79-65(87)44-22-26-46(27-23-44)83(8)9)50(73(95)96)36-57(108-16)62-48(69(91)85(71(62)93)33-21-32-80-66(88)45-24-28-47(29-25-45)84(10)11)35-56(107-15)63-49(70(92)86(72(63)94)40-42(5)6)34-55(106-14)61(68(90)82-39-41(3)4)51(74(97)98)37-58(109-17)64(77(102)110-19-2)52(75(99)100)38-54(105-13)59-43(7)76(101)111-78(59)103;1-15(2)12-8-6-11(7-9-12)13(16)5-3-4-10-14;1-4-6(12-3)7-5(2)8(10)13-9(7)11;1-4(2)3-5;1-2-3/h22-29,41-43,48-64H,18-21,30-40H2,1-17H3,(H,79,87)(H,80,88)(H,81,89)(H,82,90)(H,95,96)(H,97,98)(H,99,100);6-9H,3-5,10,14H2,1-2H3;5-7H,2,4H2,1,3H3;4H,3,5H2,1-2H3;3H,2H2,1H3/q;;+1;;. The van der Waals surface area contributed by atoms with E-state index in [1.165, 1.54) is 42.3 Å². The molecule has 4 fully saturated rings. The van der Waals surface area contributed by atoms with Crippen LogP contribution < -0.4 is 47.4 Å². The zero-order valence-electron chi connectivity index (χ0n) is 90.8. The second-order valence-corrected chi connectivity index (χ2v) is 38.9. The topological polar surface area (TPSA) is 580 Å². The van der Waals surface area contributed by atoms with E-state index < -0.39 is 241 Å². The Bertz CT molecular complexity index is 4720. The van der Waals surface area contributed by atoms with Crippen LogP contribution in [0.1, 0.15) is 184 Å². The number of aliphatic hydroxyl groups is 1. The molecule has 3 aromatic rings. The summed E-state index contributed by atoms with van der Waals surface area (Å²) in [6, 6.07) is 21.4. The van der Waals surface area contributed by atoms with Crippen LogP contribution in [0, 0.1) is 108 Å². The number of nitrogens with zero attached hydrogens (tertiary/aromatic N) is 5. The lowest BCUT2D eigenvalue weighted by atomic mass is 9.72. The number of cyclic esters (lactones) is 4. The maximum atomic E-state index is 15.5. The number of likely N-dealkylation sites (tertiary alicyclic amines) is 2. The first-order valence-corrected chi connectivity index (χ1v) is 50.6. The lowest BCUT2D eigenvalue weighted by Crippen LogP contribution is -2.50. The third-order valence-electron chi connectivity index (χ3n) is 26.6. The summed E-state index contributed by atoms with van der Waals surface area (Å²) in [6.45, 7) is 23.7. The van der Waals surface area contributed by atoms with Crippen molar-refractivity contribution in [3.05, 3.63) is 96.4 Å². The smallest absolute Gasteiger partial charge is 0.362 e. The molecule has 4 saturated heterocycles. The van der Waals surface area contributed by atoms with Gasteiger partial charge >= 0.3 is 47.8 Å². The number of nitrogens with one attached hydrogen (secondary N) is 4. The Hall–Kier alpha value is -11.5. The molecule has 3 aromatic carbocycles. The first-order chi connectivity index (χ1) is 70.0. The number of benzene rings is 3. The minimum atomic E-state index is -1.99. The number of hydrogen-bond donors (Lipinski definition) is 10. The molecule has 0 aliphatic carbocycles. The number of imide groups is 2. The molecule has 21 atom stereocenters. The van der Waals surface area contributed by atoms with Crippen molar-refractivity contribution in [3.63, 3.8) is 0 Å². The van der Waals surface area contributed by atoms with E-state index in [9.17, 15) is 72.9 Å². The summed E-state index contributed by atoms with van der Waals surface area (Å²) in [5, 5.41) is 52.4. The predicted molar refractivity (Wildman–Crippen MR) is 550 cm³/mol. The van der Waals surface area contributed by atoms with Gasteiger partial charge in [-0.05, 0) is 188 Å². The molecule has 7 rings (SSSR count). The molecule has 0 aromatic heterocycles. The highest BCUT2D eigenvalue weighted by molar-refractivity contribution is 6.07. The minimum absolute atomic E-state index is 0.00314. The van der Waals surface area contributed by atoms with Crippen LogP contribution in [-0.4, -0.2) is 331 Å². The van der Waals surface area contributed by atoms with Gasteiger partial charge in [-0.1, -0.05) is 62.3 Å². The summed E-state index contributed by atoms with van der Waals surface area (Å²) in [5.41, 5.74) is 14.9. The summed E-state index contributed by atoms with van der Waals surface area (Å²) >= 11 is 0. The van der Waals surface area contributed by atoms with E-state index in [2.05, 4.69) is 46.8 Å². The molecule has 42 nitrogen and oxygen atoms in total. The van der Waals surface area contributed by atoms with E-state index in [0.29, 0.717) is 36.4 Å². The van der Waals surface area contributed by atoms with E-state index >= 15 is 24.0 Å². The van der Waals surface area contributed by atoms with Crippen molar-refractivity contribution >= 4 is 118 Å². The quantitative estimate of drug-likeness (QED) is 0.00515. The number of esters is 5. The molecule has 4 aliphatic heterocycles. The van der Waals surface area contributed by atoms with Gasteiger partial charge in [0.1, 0.15) is 5.92 Å². The van der Waals surface area contributed by atoms with E-state index in [1.54, 1.807) is 90.1 Å². The van der Waals surface area contributed by atoms with Crippen LogP contribution >= 0.6 is 0 Å². The fourth-order valence-corrected chi connectivity index (χ4v) is 18.4. The average Bonchev–Trinajstić information content (AvgIpc) is 1.61. The molecular formula is C106H166N11O31+. The Morgan fingerprint density at radius 3 is 1.24 bits per heavy atom. The molecular weight excluding hydrogens is 1920 g/mol. The fraction of sp³-hybridized carbons (Fsp3) is 0.660. The zero-order chi connectivity index (χ0) is 112. The number of unbranched alkanes of at least 4 members (excludes halogenated alkanes) is 1. The molecule has 830 valence electrons. The van der Waals surface area contributed by atoms with Gasteiger partial charge < -0.3 is 115 Å². The second kappa shape index (κ2) is 66.2. The van der Waals surface area contributed by atoms with Crippen molar-refractivity contribution in [2.75, 3.05) is 172 Å². The summed E-state index contributed by atoms with van der Waals surface area (Å²) in [7, 11) is 19.9. The lowest BCUT2D eigenvalue weighted by Gasteiger charge is -2.36. The van der Waals surface area contributed by atoms with Gasteiger partial charge in [0, 0.05) is 178 Å². The molecule has 0 radical (unpaired) electrons. The number of anilines is 3. The highest BCUT2D eigenvalue weighted by Gasteiger charge is 2.60. The Morgan fingerprint density at radius 2 is 0.845 bits per heavy atom. The number of carbonyl (C=O) groups excluding carboxylic acids is 14. The van der Waals surface area contributed by atoms with Crippen LogP contribution in [-0.2, 0) is 114 Å². The van der Waals surface area contributed by atoms with Gasteiger partial charge in [-0.15, -0.1) is 0 Å². The third-order valence-corrected chi connectivity index (χ3v) is 26.6. The molecule has 4 heterocycles. The monoisotopic (exact) mass is 2090 g/mol. The average molecular weight is 2090 g/mol. The largest absolute Gasteiger partial charge is 0.481 e. The van der Waals surface area contributed by atoms with Crippen molar-refractivity contribution < 1.29 is 149 Å². The van der Waals surface area contributed by atoms with E-state index in [4.69, 9.17) is 59.2 Å². The number of Topliss-reactive ketones (excluding diaryl/α,β-unsaturated/α-hetero) is 1. The number of hydrogen-bond acceptors (Lipinski definition) is 33. The second-order valence-electron chi connectivity index (χ2n) is 38.9. The zero-order valence-corrected chi connectivity index (χ0v) is 90.8. The maximum Gasteiger partial charge on any atom is 0.362 e. The molecule has 21 unspecified atom stereocenters. The summed E-state index contributed by atoms with van der Waals surface area (Å²) in [5.74, 6) is -35.3. The molecule has 0 spiro atoms. The summed E-state index contributed by atoms with van der Waals surface area (Å²) in [6.07, 6.45) is -9.01. The van der Waals surface area contributed by atoms with Crippen LogP contribution in [0.15, 0.2) is 72.8 Å². The fourth-order valence-electron chi connectivity index (χ4n) is 18.4. The van der Waals surface area contributed by atoms with Gasteiger partial charge in [0.2, 0.25) is 41.4 Å². The van der Waals surface area contributed by atoms with Crippen LogP contribution in [0.2, 0.25) is 0 Å². The highest BCUT2D eigenvalue weighted by atomic mass is 16.6. The number of aliphatic hydroxyl groups excluding tert-OH is 1. The SMILES string of the molecule is CC(C)CN.CCO.CCOC(=O)C(C(CC(C(=O)O)C(C(=O)NCC(C)C)C(CC1C(=O)N(CC(C)C)C(=O)C1C(CC1C(=O)N(CCCNC(=O)c2ccc(N(C)C)cc2)C(=O)C1C(CC(C(=O)O)C(C(=O)NCCCNC(=O)c1ccc(N(C)C)cc1)C(CC)OC)OC)OC)OC)OC)C(CC(OC)C1C(=O)OC(=O)C1C)C(=O)O.CN(C)c1ccc(C(=O)CCCCN)cc1.[CH2+]C1C(=O)OC(=O)C1C(CC)OC. The number of carboxylic acids is 3. The van der Waals surface area contributed by atoms with Gasteiger partial charge in [-0.2, -0.15) is 0 Å². The van der Waals surface area contributed by atoms with Gasteiger partial charge in [-0.3, -0.25) is 86.5 Å². The first-order valence-electron chi connectivity index (χ1n) is 50.6. The molecule has 12 N–H and O–H groups in total. The summed E-state index contributed by atoms with van der Waals surface area (Å²) in [4.78, 5) is 241. The van der Waals surface area contributed by atoms with Crippen molar-refractivity contribution in [1.82, 2.24) is 31.1 Å². The van der Waals surface area contributed by atoms with Crippen LogP contribution in [0.25, 0.3) is 0 Å². The minimum Gasteiger partial charge on any atom is -0.481 e. The van der Waals surface area contributed by atoms with Crippen LogP contribution in [0.4, 0.5) is 17.1 Å². The Balaban J connectivity index is 0.00000126. The number of ketones is 1. The van der Waals surface area contributed by atoms with Crippen molar-refractivity contribution in [1.29, 1.82) is 0 Å². The normalized spacial score (nSPS) is 20.1. The Morgan fingerprint density at radius 1 is 0.439 bits per heavy atom. The van der Waals surface area contributed by atoms with Gasteiger partial charge in [0.25, 0.3) is 11.8 Å². The summed E-state index contributed by atoms with van der Waals surface area (Å²) < 4.78 is 55.5. The van der Waals surface area contributed by atoms with Crippen LogP contribution in [0.3, 0.4) is 0 Å². The Kier molecular flexibility index (Phi) is 58.4. The lowest BCUT2D eigenvalue weighted by molar-refractivity contribution is -0.169. The van der Waals surface area contributed by atoms with Gasteiger partial charge in [0.05, 0.1) is 127 Å². The third kappa shape index (κ3) is 38.2. The van der Waals surface area contributed by atoms with Gasteiger partial charge in [-0.25, -0.2) is 4.79 Å². The van der Waals surface area contributed by atoms with Gasteiger partial charge in [0.15, 0.2) is 5.78 Å². The number of amides is 8. The number of rotatable bonds is 59. The number of aliphatic carboxylic acids is 3. The molecule has 0 saturated carbocycles. The highest BCUT2D eigenvalue weighted by Crippen LogP contribution is 2.46. The maximum absolute atomic E-state index is 15.5. The van der Waals surface area contributed by atoms with Crippen molar-refractivity contribution in [2.24, 2.45) is 112 Å². The van der Waals surface area contributed by atoms with E-state index in [0.717, 1.165) is 73.1 Å². The first kappa shape index (κ1) is 131. The number of ether oxygens (including phenoxy) is 10. The molecule has 8 amide bonds. The van der Waals surface area contributed by atoms with E-state index in [-0.39, 0.29) is 101 Å². The number of carbonyl (C=O) groups is 17. The number of carboxylic acid groups (broad SMARTS) is 3. The predicted octanol–water partition coefficient (Wildman–Crippen LogP) is 7.03. The van der Waals surface area contributed by atoms with Crippen molar-refractivity contribution in [3.8, 4) is 0 Å². The molecule has 0 bridgehead atoms. The molecule has 148 heavy (non-hydrogen) atoms. The number of nitrogens with two attached hydrogens (primary N) is 2. The molecule has 4 aliphatic rings. The van der Waals surface area contributed by atoms with Crippen molar-refractivity contribution in [2.45, 2.75) is 196 Å². The Labute approximate surface area is 870 Å².